The van der Waals surface area contributed by atoms with Crippen molar-refractivity contribution in [3.05, 3.63) is 48.2 Å². The number of nitrogens with zero attached hydrogens (tertiary/aromatic N) is 1. The van der Waals surface area contributed by atoms with Crippen LogP contribution in [0, 0.1) is 0 Å². The molecule has 0 unspecified atom stereocenters. The first-order valence-electron chi connectivity index (χ1n) is 5.69. The lowest BCUT2D eigenvalue weighted by atomic mass is 10.3. The fourth-order valence-electron chi connectivity index (χ4n) is 1.57. The van der Waals surface area contributed by atoms with Crippen LogP contribution in [-0.4, -0.2) is 18.3 Å². The predicted molar refractivity (Wildman–Crippen MR) is 76.3 cm³/mol. The average molecular weight is 260 g/mol. The Hall–Kier alpha value is -1.68. The summed E-state index contributed by atoms with van der Waals surface area (Å²) >= 11 is 1.74. The summed E-state index contributed by atoms with van der Waals surface area (Å²) in [5.41, 5.74) is 2.06. The van der Waals surface area contributed by atoms with Crippen LogP contribution in [0.25, 0.3) is 0 Å². The molecule has 0 aliphatic rings. The van der Waals surface area contributed by atoms with Gasteiger partial charge in [0, 0.05) is 16.6 Å². The Labute approximate surface area is 112 Å². The molecule has 3 nitrogen and oxygen atoms in total. The molecule has 0 amide bonds. The highest BCUT2D eigenvalue weighted by molar-refractivity contribution is 7.98. The molecule has 0 saturated heterocycles. The fraction of sp³-hybridized carbons (Fsp3) is 0.214. The van der Waals surface area contributed by atoms with Crippen molar-refractivity contribution in [2.24, 2.45) is 0 Å². The van der Waals surface area contributed by atoms with E-state index in [2.05, 4.69) is 40.8 Å². The van der Waals surface area contributed by atoms with Crippen LogP contribution in [0.1, 0.15) is 5.69 Å². The van der Waals surface area contributed by atoms with Gasteiger partial charge >= 0.3 is 0 Å². The Kier molecular flexibility index (Phi) is 4.47. The van der Waals surface area contributed by atoms with E-state index < -0.39 is 0 Å². The topological polar surface area (TPSA) is 34.1 Å². The van der Waals surface area contributed by atoms with Crippen molar-refractivity contribution in [1.82, 2.24) is 4.98 Å². The zero-order valence-electron chi connectivity index (χ0n) is 10.5. The zero-order chi connectivity index (χ0) is 12.8. The molecule has 1 aromatic heterocycles. The fourth-order valence-corrected chi connectivity index (χ4v) is 1.98. The summed E-state index contributed by atoms with van der Waals surface area (Å²) in [6.07, 6.45) is 2.07. The summed E-state index contributed by atoms with van der Waals surface area (Å²) in [7, 11) is 1.63. The molecule has 0 fully saturated rings. The van der Waals surface area contributed by atoms with Crippen LogP contribution in [0.15, 0.2) is 47.4 Å². The number of anilines is 1. The lowest BCUT2D eigenvalue weighted by molar-refractivity contribution is 0.396. The van der Waals surface area contributed by atoms with E-state index in [0.717, 1.165) is 11.4 Å². The van der Waals surface area contributed by atoms with Gasteiger partial charge in [0.25, 0.3) is 0 Å². The number of pyridine rings is 1. The maximum atomic E-state index is 5.10. The summed E-state index contributed by atoms with van der Waals surface area (Å²) in [5.74, 6) is 0.645. The molecular weight excluding hydrogens is 244 g/mol. The largest absolute Gasteiger partial charge is 0.481 e. The maximum Gasteiger partial charge on any atom is 0.213 e. The number of ether oxygens (including phenoxy) is 1. The van der Waals surface area contributed by atoms with Gasteiger partial charge in [-0.2, -0.15) is 0 Å². The number of rotatable bonds is 5. The van der Waals surface area contributed by atoms with Gasteiger partial charge < -0.3 is 10.1 Å². The highest BCUT2D eigenvalue weighted by atomic mass is 32.2. The third-order valence-corrected chi connectivity index (χ3v) is 3.30. The van der Waals surface area contributed by atoms with Crippen LogP contribution in [0.3, 0.4) is 0 Å². The third kappa shape index (κ3) is 3.40. The molecule has 2 rings (SSSR count). The molecule has 18 heavy (non-hydrogen) atoms. The van der Waals surface area contributed by atoms with Gasteiger partial charge in [-0.05, 0) is 36.6 Å². The Morgan fingerprint density at radius 2 is 1.94 bits per heavy atom. The van der Waals surface area contributed by atoms with Gasteiger partial charge in [-0.25, -0.2) is 4.98 Å². The Morgan fingerprint density at radius 3 is 2.61 bits per heavy atom. The van der Waals surface area contributed by atoms with Crippen LogP contribution in [0.2, 0.25) is 0 Å². The molecule has 94 valence electrons. The highest BCUT2D eigenvalue weighted by Crippen LogP contribution is 2.18. The average Bonchev–Trinajstić information content (AvgIpc) is 2.46. The van der Waals surface area contributed by atoms with Gasteiger partial charge in [0.05, 0.1) is 19.3 Å². The van der Waals surface area contributed by atoms with E-state index in [4.69, 9.17) is 4.74 Å². The summed E-state index contributed by atoms with van der Waals surface area (Å²) < 4.78 is 5.10. The summed E-state index contributed by atoms with van der Waals surface area (Å²) in [4.78, 5) is 5.62. The molecule has 4 heteroatoms. The van der Waals surface area contributed by atoms with Gasteiger partial charge in [-0.3, -0.25) is 0 Å². The second-order valence-electron chi connectivity index (χ2n) is 3.75. The molecule has 0 atom stereocenters. The number of hydrogen-bond donors (Lipinski definition) is 1. The molecule has 0 radical (unpaired) electrons. The van der Waals surface area contributed by atoms with Crippen molar-refractivity contribution in [2.45, 2.75) is 11.4 Å². The number of hydrogen-bond acceptors (Lipinski definition) is 4. The third-order valence-electron chi connectivity index (χ3n) is 2.55. The molecule has 0 saturated carbocycles. The van der Waals surface area contributed by atoms with Crippen LogP contribution in [0.5, 0.6) is 5.88 Å². The first kappa shape index (κ1) is 12.8. The van der Waals surface area contributed by atoms with Gasteiger partial charge in [-0.1, -0.05) is 6.07 Å². The van der Waals surface area contributed by atoms with Crippen LogP contribution in [-0.2, 0) is 6.54 Å². The smallest absolute Gasteiger partial charge is 0.213 e. The van der Waals surface area contributed by atoms with Crippen molar-refractivity contribution in [3.63, 3.8) is 0 Å². The SMILES string of the molecule is COc1cccc(CNc2ccc(SC)cc2)n1. The summed E-state index contributed by atoms with van der Waals surface area (Å²) in [6, 6.07) is 14.1. The van der Waals surface area contributed by atoms with E-state index in [1.807, 2.05) is 18.2 Å². The monoisotopic (exact) mass is 260 g/mol. The van der Waals surface area contributed by atoms with Gasteiger partial charge in [0.15, 0.2) is 0 Å². The van der Waals surface area contributed by atoms with Gasteiger partial charge in [0.2, 0.25) is 5.88 Å². The first-order chi connectivity index (χ1) is 8.81. The quantitative estimate of drug-likeness (QED) is 0.835. The van der Waals surface area contributed by atoms with E-state index in [-0.39, 0.29) is 0 Å². The molecule has 2 aromatic rings. The van der Waals surface area contributed by atoms with Crippen LogP contribution >= 0.6 is 11.8 Å². The number of benzene rings is 1. The zero-order valence-corrected chi connectivity index (χ0v) is 11.3. The minimum atomic E-state index is 0.645. The summed E-state index contributed by atoms with van der Waals surface area (Å²) in [6.45, 7) is 0.690. The molecule has 1 N–H and O–H groups in total. The van der Waals surface area contributed by atoms with Crippen LogP contribution < -0.4 is 10.1 Å². The Bertz CT molecular complexity index is 499. The summed E-state index contributed by atoms with van der Waals surface area (Å²) in [5, 5.41) is 3.34. The number of aromatic nitrogens is 1. The minimum absolute atomic E-state index is 0.645. The molecule has 0 aliphatic carbocycles. The van der Waals surface area contributed by atoms with Crippen molar-refractivity contribution in [2.75, 3.05) is 18.7 Å². The van der Waals surface area contributed by atoms with Crippen LogP contribution in [0.4, 0.5) is 5.69 Å². The van der Waals surface area contributed by atoms with Crippen molar-refractivity contribution >= 4 is 17.4 Å². The van der Waals surface area contributed by atoms with Gasteiger partial charge in [-0.15, -0.1) is 11.8 Å². The predicted octanol–water partition coefficient (Wildman–Crippen LogP) is 3.42. The Morgan fingerprint density at radius 1 is 1.17 bits per heavy atom. The second-order valence-corrected chi connectivity index (χ2v) is 4.63. The van der Waals surface area contributed by atoms with Crippen molar-refractivity contribution < 1.29 is 4.74 Å². The highest BCUT2D eigenvalue weighted by Gasteiger charge is 1.98. The van der Waals surface area contributed by atoms with E-state index in [9.17, 15) is 0 Å². The van der Waals surface area contributed by atoms with Crippen molar-refractivity contribution in [3.8, 4) is 5.88 Å². The van der Waals surface area contributed by atoms with E-state index in [0.29, 0.717) is 12.4 Å². The normalized spacial score (nSPS) is 10.1. The van der Waals surface area contributed by atoms with Crippen molar-refractivity contribution in [1.29, 1.82) is 0 Å². The van der Waals surface area contributed by atoms with E-state index in [1.165, 1.54) is 4.90 Å². The Balaban J connectivity index is 1.97. The molecule has 1 aromatic carbocycles. The molecule has 0 spiro atoms. The molecular formula is C14H16N2OS. The second kappa shape index (κ2) is 6.31. The number of thioether (sulfide) groups is 1. The standard InChI is InChI=1S/C14H16N2OS/c1-17-14-5-3-4-12(16-14)10-15-11-6-8-13(18-2)9-7-11/h3-9,15H,10H2,1-2H3. The lowest BCUT2D eigenvalue weighted by Gasteiger charge is -2.07. The number of nitrogens with one attached hydrogen (secondary N) is 1. The lowest BCUT2D eigenvalue weighted by Crippen LogP contribution is -2.02. The number of methoxy groups -OCH3 is 1. The van der Waals surface area contributed by atoms with E-state index in [1.54, 1.807) is 18.9 Å². The molecule has 1 heterocycles. The maximum absolute atomic E-state index is 5.10. The molecule has 0 aliphatic heterocycles. The first-order valence-corrected chi connectivity index (χ1v) is 6.92. The minimum Gasteiger partial charge on any atom is -0.481 e. The van der Waals surface area contributed by atoms with E-state index >= 15 is 0 Å². The molecule has 0 bridgehead atoms. The van der Waals surface area contributed by atoms with Gasteiger partial charge in [0.1, 0.15) is 0 Å².